The summed E-state index contributed by atoms with van der Waals surface area (Å²) in [7, 11) is -7.81. The van der Waals surface area contributed by atoms with Gasteiger partial charge in [0.1, 0.15) is 11.0 Å². The molecule has 31 heavy (non-hydrogen) atoms. The van der Waals surface area contributed by atoms with Crippen molar-refractivity contribution in [2.75, 3.05) is 13.2 Å². The van der Waals surface area contributed by atoms with Crippen LogP contribution in [0, 0.1) is 6.92 Å². The highest BCUT2D eigenvalue weighted by Crippen LogP contribution is 2.29. The quantitative estimate of drug-likeness (QED) is 0.526. The number of ether oxygens (including phenoxy) is 1. The first kappa shape index (κ1) is 22.9. The molecule has 0 bridgehead atoms. The first-order valence-corrected chi connectivity index (χ1v) is 12.7. The van der Waals surface area contributed by atoms with Crippen molar-refractivity contribution in [3.8, 4) is 5.75 Å². The molecule has 0 radical (unpaired) electrons. The van der Waals surface area contributed by atoms with Crippen LogP contribution in [0.4, 0.5) is 0 Å². The Labute approximate surface area is 183 Å². The predicted octanol–water partition coefficient (Wildman–Crippen LogP) is 3.28. The van der Waals surface area contributed by atoms with Crippen molar-refractivity contribution in [1.82, 2.24) is 9.71 Å². The summed E-state index contributed by atoms with van der Waals surface area (Å²) in [6, 6.07) is 15.6. The number of hydrogen-bond donors (Lipinski definition) is 1. The van der Waals surface area contributed by atoms with Gasteiger partial charge in [-0.1, -0.05) is 23.8 Å². The van der Waals surface area contributed by atoms with Crippen LogP contribution in [0.1, 0.15) is 23.3 Å². The molecule has 0 spiro atoms. The van der Waals surface area contributed by atoms with Gasteiger partial charge in [0.25, 0.3) is 0 Å². The summed E-state index contributed by atoms with van der Waals surface area (Å²) in [4.78, 5) is 4.14. The number of aromatic nitrogens is 1. The molecule has 0 amide bonds. The number of hydrogen-bond acceptors (Lipinski definition) is 6. The van der Waals surface area contributed by atoms with Crippen molar-refractivity contribution in [3.05, 3.63) is 84.2 Å². The molecule has 0 saturated carbocycles. The third kappa shape index (κ3) is 5.49. The molecule has 3 rings (SSSR count). The maximum atomic E-state index is 13.4. The van der Waals surface area contributed by atoms with E-state index in [0.29, 0.717) is 17.9 Å². The lowest BCUT2D eigenvalue weighted by Gasteiger charge is -2.19. The van der Waals surface area contributed by atoms with Crippen molar-refractivity contribution in [2.24, 2.45) is 0 Å². The number of pyridine rings is 1. The zero-order chi connectivity index (χ0) is 22.5. The van der Waals surface area contributed by atoms with Crippen LogP contribution < -0.4 is 9.46 Å². The molecular weight excluding hydrogens is 436 g/mol. The Kier molecular flexibility index (Phi) is 7.09. The Morgan fingerprint density at radius 3 is 2.16 bits per heavy atom. The lowest BCUT2D eigenvalue weighted by atomic mass is 10.2. The van der Waals surface area contributed by atoms with Gasteiger partial charge in [0.2, 0.25) is 10.0 Å². The average molecular weight is 461 g/mol. The third-order valence-electron chi connectivity index (χ3n) is 4.68. The summed E-state index contributed by atoms with van der Waals surface area (Å²) in [5.74, 6) is 0.555. The third-order valence-corrected chi connectivity index (χ3v) is 8.24. The van der Waals surface area contributed by atoms with Gasteiger partial charge in [-0.15, -0.1) is 0 Å². The molecule has 1 heterocycles. The number of benzene rings is 2. The highest BCUT2D eigenvalue weighted by molar-refractivity contribution is 7.92. The molecule has 1 atom stereocenters. The second-order valence-corrected chi connectivity index (χ2v) is 10.8. The van der Waals surface area contributed by atoms with E-state index in [9.17, 15) is 16.8 Å². The van der Waals surface area contributed by atoms with Crippen molar-refractivity contribution in [3.63, 3.8) is 0 Å². The van der Waals surface area contributed by atoms with Gasteiger partial charge in [0, 0.05) is 18.9 Å². The highest BCUT2D eigenvalue weighted by Gasteiger charge is 2.31. The Bertz CT molecular complexity index is 1210. The van der Waals surface area contributed by atoms with Crippen LogP contribution in [0.2, 0.25) is 0 Å². The van der Waals surface area contributed by atoms with Crippen molar-refractivity contribution >= 4 is 19.9 Å². The van der Waals surface area contributed by atoms with E-state index in [2.05, 4.69) is 9.71 Å². The SMILES string of the molecule is CCOc1ccc(S(=O)(=O)C(CNS(=O)(=O)c2ccc(C)cc2)c2cccnc2)cc1. The van der Waals surface area contributed by atoms with E-state index in [1.165, 1.54) is 36.7 Å². The zero-order valence-electron chi connectivity index (χ0n) is 17.2. The predicted molar refractivity (Wildman–Crippen MR) is 118 cm³/mol. The maximum absolute atomic E-state index is 13.4. The first-order chi connectivity index (χ1) is 14.7. The van der Waals surface area contributed by atoms with E-state index in [0.717, 1.165) is 5.56 Å². The van der Waals surface area contributed by atoms with E-state index in [4.69, 9.17) is 4.74 Å². The Balaban J connectivity index is 1.92. The van der Waals surface area contributed by atoms with E-state index in [-0.39, 0.29) is 16.3 Å². The molecule has 0 aliphatic carbocycles. The molecule has 3 aromatic rings. The largest absolute Gasteiger partial charge is 0.494 e. The molecule has 0 aliphatic heterocycles. The average Bonchev–Trinajstić information content (AvgIpc) is 2.75. The number of nitrogens with one attached hydrogen (secondary N) is 1. The Hall–Kier alpha value is -2.75. The second-order valence-electron chi connectivity index (χ2n) is 6.89. The summed E-state index contributed by atoms with van der Waals surface area (Å²) >= 11 is 0. The molecule has 1 unspecified atom stereocenters. The number of rotatable bonds is 9. The highest BCUT2D eigenvalue weighted by atomic mass is 32.2. The zero-order valence-corrected chi connectivity index (χ0v) is 18.9. The summed E-state index contributed by atoms with van der Waals surface area (Å²) in [5, 5.41) is -1.15. The number of sulfonamides is 1. The number of sulfone groups is 1. The topological polar surface area (TPSA) is 102 Å². The summed E-state index contributed by atoms with van der Waals surface area (Å²) in [6.45, 7) is 3.82. The van der Waals surface area contributed by atoms with Crippen LogP contribution in [0.5, 0.6) is 5.75 Å². The number of aryl methyl sites for hydroxylation is 1. The smallest absolute Gasteiger partial charge is 0.240 e. The molecule has 0 aliphatic rings. The summed E-state index contributed by atoms with van der Waals surface area (Å²) in [5.41, 5.74) is 1.31. The lowest BCUT2D eigenvalue weighted by Crippen LogP contribution is -2.32. The van der Waals surface area contributed by atoms with Gasteiger partial charge in [-0.25, -0.2) is 21.6 Å². The van der Waals surface area contributed by atoms with Crippen LogP contribution in [-0.4, -0.2) is 35.0 Å². The van der Waals surface area contributed by atoms with Gasteiger partial charge < -0.3 is 4.74 Å². The van der Waals surface area contributed by atoms with Gasteiger partial charge in [0.05, 0.1) is 16.4 Å². The Morgan fingerprint density at radius 2 is 1.58 bits per heavy atom. The van der Waals surface area contributed by atoms with E-state index >= 15 is 0 Å². The van der Waals surface area contributed by atoms with Gasteiger partial charge in [-0.05, 0) is 61.9 Å². The van der Waals surface area contributed by atoms with Gasteiger partial charge in [0.15, 0.2) is 9.84 Å². The van der Waals surface area contributed by atoms with Gasteiger partial charge in [-0.2, -0.15) is 0 Å². The lowest BCUT2D eigenvalue weighted by molar-refractivity contribution is 0.340. The minimum Gasteiger partial charge on any atom is -0.494 e. The fourth-order valence-corrected chi connectivity index (χ4v) is 5.81. The van der Waals surface area contributed by atoms with E-state index in [1.54, 1.807) is 36.4 Å². The number of nitrogens with zero attached hydrogens (tertiary/aromatic N) is 1. The van der Waals surface area contributed by atoms with Crippen molar-refractivity contribution in [2.45, 2.75) is 28.9 Å². The molecule has 164 valence electrons. The summed E-state index contributed by atoms with van der Waals surface area (Å²) in [6.07, 6.45) is 2.96. The van der Waals surface area contributed by atoms with Gasteiger partial charge in [-0.3, -0.25) is 4.98 Å². The van der Waals surface area contributed by atoms with Crippen LogP contribution in [0.15, 0.2) is 82.8 Å². The van der Waals surface area contributed by atoms with Crippen LogP contribution in [0.25, 0.3) is 0 Å². The molecule has 9 heteroatoms. The molecule has 0 fully saturated rings. The van der Waals surface area contributed by atoms with E-state index in [1.807, 2.05) is 13.8 Å². The van der Waals surface area contributed by atoms with Crippen LogP contribution >= 0.6 is 0 Å². The maximum Gasteiger partial charge on any atom is 0.240 e. The fraction of sp³-hybridized carbons (Fsp3) is 0.227. The minimum atomic E-state index is -3.92. The molecular formula is C22H24N2O5S2. The molecule has 0 saturated heterocycles. The standard InChI is InChI=1S/C22H24N2O5S2/c1-3-29-19-8-12-20(13-9-19)30(25,26)22(18-5-4-14-23-15-18)16-24-31(27,28)21-10-6-17(2)7-11-21/h4-15,22,24H,3,16H2,1-2H3. The second kappa shape index (κ2) is 9.59. The summed E-state index contributed by atoms with van der Waals surface area (Å²) < 4.78 is 60.0. The normalized spacial score (nSPS) is 13.0. The first-order valence-electron chi connectivity index (χ1n) is 9.67. The Morgan fingerprint density at radius 1 is 0.935 bits per heavy atom. The van der Waals surface area contributed by atoms with Crippen LogP contribution in [-0.2, 0) is 19.9 Å². The van der Waals surface area contributed by atoms with Crippen molar-refractivity contribution in [1.29, 1.82) is 0 Å². The van der Waals surface area contributed by atoms with Crippen molar-refractivity contribution < 1.29 is 21.6 Å². The van der Waals surface area contributed by atoms with E-state index < -0.39 is 25.1 Å². The molecule has 7 nitrogen and oxygen atoms in total. The fourth-order valence-electron chi connectivity index (χ4n) is 3.02. The van der Waals surface area contributed by atoms with Crippen LogP contribution in [0.3, 0.4) is 0 Å². The minimum absolute atomic E-state index is 0.0688. The van der Waals surface area contributed by atoms with Gasteiger partial charge >= 0.3 is 0 Å². The monoisotopic (exact) mass is 460 g/mol. The molecule has 1 N–H and O–H groups in total. The molecule has 2 aromatic carbocycles. The molecule has 1 aromatic heterocycles.